The predicted octanol–water partition coefficient (Wildman–Crippen LogP) is 0.0973. The number of aliphatic hydroxyl groups is 1. The van der Waals surface area contributed by atoms with E-state index in [9.17, 15) is 13.2 Å². The van der Waals surface area contributed by atoms with Crippen molar-refractivity contribution in [1.82, 2.24) is 9.97 Å². The fraction of sp³-hybridized carbons (Fsp3) is 0.429. The third-order valence-corrected chi connectivity index (χ3v) is 1.67. The molecule has 0 spiro atoms. The molecule has 9 heteroatoms. The number of hydrazine groups is 1. The Balaban J connectivity index is 2.54. The monoisotopic (exact) mass is 237 g/mol. The van der Waals surface area contributed by atoms with Crippen LogP contribution in [0.3, 0.4) is 0 Å². The van der Waals surface area contributed by atoms with Crippen LogP contribution in [0.1, 0.15) is 0 Å². The number of hydrogen-bond acceptors (Lipinski definition) is 6. The molecule has 5 N–H and O–H groups in total. The summed E-state index contributed by atoms with van der Waals surface area (Å²) in [5, 5.41) is 11.0. The Hall–Kier alpha value is -1.61. The Morgan fingerprint density at radius 1 is 1.38 bits per heavy atom. The highest BCUT2D eigenvalue weighted by Crippen LogP contribution is 2.20. The lowest BCUT2D eigenvalue weighted by atomic mass is 10.3. The average molecular weight is 237 g/mol. The Kier molecular flexibility index (Phi) is 3.85. The van der Waals surface area contributed by atoms with Crippen molar-refractivity contribution in [3.05, 3.63) is 12.4 Å². The summed E-state index contributed by atoms with van der Waals surface area (Å²) >= 11 is 0. The van der Waals surface area contributed by atoms with E-state index >= 15 is 0 Å². The Morgan fingerprint density at radius 2 is 2.00 bits per heavy atom. The van der Waals surface area contributed by atoms with E-state index in [2.05, 4.69) is 20.7 Å². The molecule has 6 nitrogen and oxygen atoms in total. The molecule has 0 aliphatic rings. The molecule has 0 bridgehead atoms. The minimum atomic E-state index is -4.66. The van der Waals surface area contributed by atoms with Crippen molar-refractivity contribution in [1.29, 1.82) is 0 Å². The van der Waals surface area contributed by atoms with E-state index in [1.165, 1.54) is 6.07 Å². The Labute approximate surface area is 88.7 Å². The van der Waals surface area contributed by atoms with Crippen molar-refractivity contribution < 1.29 is 18.3 Å². The largest absolute Gasteiger partial charge is 0.416 e. The van der Waals surface area contributed by atoms with E-state index < -0.39 is 18.8 Å². The van der Waals surface area contributed by atoms with Gasteiger partial charge in [-0.3, -0.25) is 0 Å². The maximum Gasteiger partial charge on any atom is 0.416 e. The molecule has 0 saturated heterocycles. The van der Waals surface area contributed by atoms with Gasteiger partial charge in [0.2, 0.25) is 0 Å². The van der Waals surface area contributed by atoms with Gasteiger partial charge in [0.15, 0.2) is 6.10 Å². The number of alkyl halides is 3. The molecule has 0 fully saturated rings. The van der Waals surface area contributed by atoms with E-state index in [-0.39, 0.29) is 11.6 Å². The highest BCUT2D eigenvalue weighted by Gasteiger charge is 2.37. The van der Waals surface area contributed by atoms with E-state index in [1.54, 1.807) is 0 Å². The van der Waals surface area contributed by atoms with Crippen molar-refractivity contribution in [3.8, 4) is 0 Å². The van der Waals surface area contributed by atoms with Gasteiger partial charge in [-0.05, 0) is 0 Å². The molecule has 16 heavy (non-hydrogen) atoms. The maximum atomic E-state index is 11.9. The molecule has 1 aromatic heterocycles. The first-order chi connectivity index (χ1) is 7.43. The van der Waals surface area contributed by atoms with Crippen LogP contribution in [-0.4, -0.2) is 33.9 Å². The molecule has 0 aliphatic carbocycles. The number of rotatable bonds is 4. The molecule has 90 valence electrons. The molecule has 0 amide bonds. The summed E-state index contributed by atoms with van der Waals surface area (Å²) in [6.07, 6.45) is -5.98. The van der Waals surface area contributed by atoms with Crippen molar-refractivity contribution >= 4 is 11.6 Å². The summed E-state index contributed by atoms with van der Waals surface area (Å²) < 4.78 is 35.8. The number of nitrogens with one attached hydrogen (secondary N) is 2. The number of nitrogen functional groups attached to an aromatic ring is 1. The van der Waals surface area contributed by atoms with Gasteiger partial charge in [0.25, 0.3) is 0 Å². The highest BCUT2D eigenvalue weighted by molar-refractivity contribution is 5.45. The van der Waals surface area contributed by atoms with E-state index in [4.69, 9.17) is 10.9 Å². The van der Waals surface area contributed by atoms with Crippen molar-refractivity contribution in [2.75, 3.05) is 17.3 Å². The zero-order valence-electron chi connectivity index (χ0n) is 7.99. The van der Waals surface area contributed by atoms with Gasteiger partial charge in [-0.25, -0.2) is 15.8 Å². The Bertz CT molecular complexity index is 345. The standard InChI is InChI=1S/C7H10F3N5O/c8-7(9,10)4(16)2-12-5-1-6(15-11)14-3-13-5/h1,3-4,16H,2,11H2,(H2,12,13,14,15). The van der Waals surface area contributed by atoms with E-state index in [1.807, 2.05) is 0 Å². The van der Waals surface area contributed by atoms with Crippen molar-refractivity contribution in [2.24, 2.45) is 5.84 Å². The van der Waals surface area contributed by atoms with Crippen LogP contribution in [0.5, 0.6) is 0 Å². The number of anilines is 2. The number of halogens is 3. The first-order valence-electron chi connectivity index (χ1n) is 4.21. The van der Waals surface area contributed by atoms with Gasteiger partial charge in [-0.1, -0.05) is 0 Å². The number of aliphatic hydroxyl groups excluding tert-OH is 1. The lowest BCUT2D eigenvalue weighted by molar-refractivity contribution is -0.198. The van der Waals surface area contributed by atoms with E-state index in [0.29, 0.717) is 0 Å². The van der Waals surface area contributed by atoms with Crippen LogP contribution in [0.15, 0.2) is 12.4 Å². The quantitative estimate of drug-likeness (QED) is 0.438. The van der Waals surface area contributed by atoms with Gasteiger partial charge in [-0.2, -0.15) is 13.2 Å². The zero-order chi connectivity index (χ0) is 12.2. The third kappa shape index (κ3) is 3.51. The molecule has 1 unspecified atom stereocenters. The van der Waals surface area contributed by atoms with Crippen LogP contribution in [0, 0.1) is 0 Å². The van der Waals surface area contributed by atoms with Gasteiger partial charge >= 0.3 is 6.18 Å². The van der Waals surface area contributed by atoms with Crippen LogP contribution in [0.25, 0.3) is 0 Å². The zero-order valence-corrected chi connectivity index (χ0v) is 7.99. The van der Waals surface area contributed by atoms with Gasteiger partial charge < -0.3 is 15.8 Å². The van der Waals surface area contributed by atoms with Crippen LogP contribution < -0.4 is 16.6 Å². The fourth-order valence-corrected chi connectivity index (χ4v) is 0.850. The lowest BCUT2D eigenvalue weighted by Crippen LogP contribution is -2.35. The molecule has 0 radical (unpaired) electrons. The predicted molar refractivity (Wildman–Crippen MR) is 50.4 cm³/mol. The van der Waals surface area contributed by atoms with Gasteiger partial charge in [0, 0.05) is 6.07 Å². The van der Waals surface area contributed by atoms with Crippen LogP contribution >= 0.6 is 0 Å². The summed E-state index contributed by atoms with van der Waals surface area (Å²) in [5.74, 6) is 5.43. The number of aromatic nitrogens is 2. The second-order valence-corrected chi connectivity index (χ2v) is 2.87. The smallest absolute Gasteiger partial charge is 0.382 e. The summed E-state index contributed by atoms with van der Waals surface area (Å²) in [6, 6.07) is 1.31. The molecule has 0 aliphatic heterocycles. The second kappa shape index (κ2) is 4.94. The Morgan fingerprint density at radius 3 is 2.56 bits per heavy atom. The van der Waals surface area contributed by atoms with Crippen LogP contribution in [0.4, 0.5) is 24.8 Å². The molecular weight excluding hydrogens is 227 g/mol. The molecule has 0 aromatic carbocycles. The van der Waals surface area contributed by atoms with Crippen molar-refractivity contribution in [2.45, 2.75) is 12.3 Å². The normalized spacial score (nSPS) is 13.3. The average Bonchev–Trinajstić information content (AvgIpc) is 2.25. The topological polar surface area (TPSA) is 96.1 Å². The second-order valence-electron chi connectivity index (χ2n) is 2.87. The van der Waals surface area contributed by atoms with Gasteiger partial charge in [-0.15, -0.1) is 0 Å². The maximum absolute atomic E-state index is 11.9. The number of nitrogens with zero attached hydrogens (tertiary/aromatic N) is 2. The van der Waals surface area contributed by atoms with Crippen LogP contribution in [0.2, 0.25) is 0 Å². The first-order valence-corrected chi connectivity index (χ1v) is 4.21. The number of hydrogen-bond donors (Lipinski definition) is 4. The summed E-state index contributed by atoms with van der Waals surface area (Å²) in [6.45, 7) is -0.690. The van der Waals surface area contributed by atoms with Gasteiger partial charge in [0.05, 0.1) is 6.54 Å². The molecule has 1 aromatic rings. The molecular formula is C7H10F3N5O. The SMILES string of the molecule is NNc1cc(NCC(O)C(F)(F)F)ncn1. The molecule has 0 saturated carbocycles. The van der Waals surface area contributed by atoms with Gasteiger partial charge in [0.1, 0.15) is 18.0 Å². The summed E-state index contributed by atoms with van der Waals surface area (Å²) in [4.78, 5) is 7.31. The molecule has 1 atom stereocenters. The summed E-state index contributed by atoms with van der Waals surface area (Å²) in [7, 11) is 0. The minimum absolute atomic E-state index is 0.131. The highest BCUT2D eigenvalue weighted by atomic mass is 19.4. The molecule has 1 heterocycles. The van der Waals surface area contributed by atoms with Crippen LogP contribution in [-0.2, 0) is 0 Å². The fourth-order valence-electron chi connectivity index (χ4n) is 0.850. The number of nitrogens with two attached hydrogens (primary N) is 1. The van der Waals surface area contributed by atoms with Crippen molar-refractivity contribution in [3.63, 3.8) is 0 Å². The summed E-state index contributed by atoms with van der Waals surface area (Å²) in [5.41, 5.74) is 2.21. The lowest BCUT2D eigenvalue weighted by Gasteiger charge is -2.15. The first kappa shape index (κ1) is 12.5. The minimum Gasteiger partial charge on any atom is -0.382 e. The third-order valence-electron chi connectivity index (χ3n) is 1.67. The van der Waals surface area contributed by atoms with E-state index in [0.717, 1.165) is 6.33 Å². The molecule has 1 rings (SSSR count).